The van der Waals surface area contributed by atoms with Crippen molar-refractivity contribution in [2.45, 2.75) is 24.4 Å². The molecule has 0 radical (unpaired) electrons. The van der Waals surface area contributed by atoms with Gasteiger partial charge in [-0.05, 0) is 48.1 Å². The molecule has 11 heteroatoms. The third-order valence-electron chi connectivity index (χ3n) is 7.06. The highest BCUT2D eigenvalue weighted by Crippen LogP contribution is 2.34. The van der Waals surface area contributed by atoms with Crippen LogP contribution in [0.25, 0.3) is 10.9 Å². The number of anilines is 2. The number of morpholine rings is 1. The Bertz CT molecular complexity index is 1200. The number of aryl methyl sites for hydroxylation is 1. The van der Waals surface area contributed by atoms with E-state index < -0.39 is 5.54 Å². The molecule has 2 aliphatic rings. The summed E-state index contributed by atoms with van der Waals surface area (Å²) < 4.78 is 22.4. The fourth-order valence-corrected chi connectivity index (χ4v) is 4.94. The molecule has 0 saturated carbocycles. The first-order chi connectivity index (χ1) is 16.3. The number of aliphatic hydroxyl groups excluding tert-OH is 1. The molecule has 1 aromatic carbocycles. The smallest absolute Gasteiger partial charge is 0.227 e. The number of ether oxygens (including phenoxy) is 1. The number of aromatic nitrogens is 4. The molecule has 2 N–H and O–H groups in total. The molecule has 9 nitrogen and oxygen atoms in total. The van der Waals surface area contributed by atoms with Gasteiger partial charge in [0.25, 0.3) is 0 Å². The number of aliphatic hydroxyl groups is 1. The van der Waals surface area contributed by atoms with Crippen LogP contribution in [-0.4, -0.2) is 87.8 Å². The van der Waals surface area contributed by atoms with Gasteiger partial charge in [-0.2, -0.15) is 10.1 Å². The van der Waals surface area contributed by atoms with Crippen LogP contribution in [0.5, 0.6) is 0 Å². The van der Waals surface area contributed by atoms with Crippen molar-refractivity contribution in [1.82, 2.24) is 24.6 Å². The zero-order chi connectivity index (χ0) is 24.0. The number of nitrogens with one attached hydrogen (secondary N) is 1. The number of rotatable bonds is 6. The first-order valence-electron chi connectivity index (χ1n) is 11.4. The number of likely N-dealkylation sites (N-methyl/N-ethyl adjacent to an activating group) is 1. The largest absolute Gasteiger partial charge is 0.394 e. The maximum absolute atomic E-state index is 14.4. The van der Waals surface area contributed by atoms with E-state index in [0.29, 0.717) is 52.8 Å². The van der Waals surface area contributed by atoms with Crippen LogP contribution in [0, 0.1) is 5.82 Å². The van der Waals surface area contributed by atoms with Crippen molar-refractivity contribution in [2.24, 2.45) is 7.05 Å². The highest BCUT2D eigenvalue weighted by molar-refractivity contribution is 9.10. The van der Waals surface area contributed by atoms with Crippen LogP contribution in [0.3, 0.4) is 0 Å². The van der Waals surface area contributed by atoms with Crippen molar-refractivity contribution >= 4 is 38.6 Å². The van der Waals surface area contributed by atoms with Crippen molar-refractivity contribution in [3.05, 3.63) is 40.4 Å². The maximum atomic E-state index is 14.4. The lowest BCUT2D eigenvalue weighted by Gasteiger charge is -2.47. The Morgan fingerprint density at radius 3 is 2.79 bits per heavy atom. The van der Waals surface area contributed by atoms with Crippen molar-refractivity contribution < 1.29 is 14.2 Å². The van der Waals surface area contributed by atoms with Crippen molar-refractivity contribution in [3.63, 3.8) is 0 Å². The van der Waals surface area contributed by atoms with Gasteiger partial charge in [0, 0.05) is 50.2 Å². The van der Waals surface area contributed by atoms with Crippen LogP contribution in [0.2, 0.25) is 0 Å². The molecule has 2 saturated heterocycles. The molecule has 0 spiro atoms. The van der Waals surface area contributed by atoms with Crippen molar-refractivity contribution in [1.29, 1.82) is 0 Å². The molecule has 34 heavy (non-hydrogen) atoms. The summed E-state index contributed by atoms with van der Waals surface area (Å²) in [5, 5.41) is 18.7. The Morgan fingerprint density at radius 1 is 1.29 bits per heavy atom. The van der Waals surface area contributed by atoms with Gasteiger partial charge in [0.1, 0.15) is 11.6 Å². The fourth-order valence-electron chi connectivity index (χ4n) is 4.61. The van der Waals surface area contributed by atoms with Gasteiger partial charge in [0.05, 0.1) is 41.0 Å². The monoisotopic (exact) mass is 533 g/mol. The van der Waals surface area contributed by atoms with E-state index in [-0.39, 0.29) is 18.5 Å². The Kier molecular flexibility index (Phi) is 6.21. The summed E-state index contributed by atoms with van der Waals surface area (Å²) in [6, 6.07) is 5.32. The predicted octanol–water partition coefficient (Wildman–Crippen LogP) is 2.36. The van der Waals surface area contributed by atoms with Gasteiger partial charge in [0.15, 0.2) is 0 Å². The number of hydrogen-bond acceptors (Lipinski definition) is 8. The molecule has 0 bridgehead atoms. The molecule has 2 fully saturated rings. The van der Waals surface area contributed by atoms with E-state index >= 15 is 0 Å². The minimum Gasteiger partial charge on any atom is -0.394 e. The fraction of sp³-hybridized carbons (Fsp3) is 0.522. The summed E-state index contributed by atoms with van der Waals surface area (Å²) in [4.78, 5) is 13.7. The van der Waals surface area contributed by atoms with Gasteiger partial charge in [-0.25, -0.2) is 9.37 Å². The number of nitrogens with zero attached hydrogens (tertiary/aromatic N) is 6. The third-order valence-corrected chi connectivity index (χ3v) is 7.67. The van der Waals surface area contributed by atoms with Gasteiger partial charge >= 0.3 is 0 Å². The average Bonchev–Trinajstić information content (AvgIpc) is 3.20. The SMILES string of the molecule is C[C@@H]1COC[C@@](CO)(CNc2nc(N3CC(c4ccn(C)n4)C3)nc3cc(Br)c(F)cc23)N1C. The van der Waals surface area contributed by atoms with Gasteiger partial charge < -0.3 is 20.1 Å². The maximum Gasteiger partial charge on any atom is 0.227 e. The molecule has 3 aromatic rings. The molecule has 2 atom stereocenters. The van der Waals surface area contributed by atoms with E-state index in [2.05, 4.69) is 43.1 Å². The third kappa shape index (κ3) is 4.15. The predicted molar refractivity (Wildman–Crippen MR) is 132 cm³/mol. The Hall–Kier alpha value is -2.34. The Labute approximate surface area is 206 Å². The second kappa shape index (κ2) is 9.03. The van der Waals surface area contributed by atoms with Crippen LogP contribution in [-0.2, 0) is 11.8 Å². The number of halogens is 2. The summed E-state index contributed by atoms with van der Waals surface area (Å²) in [5.74, 6) is 1.06. The van der Waals surface area contributed by atoms with Crippen LogP contribution in [0.1, 0.15) is 18.5 Å². The van der Waals surface area contributed by atoms with Gasteiger partial charge in [0.2, 0.25) is 5.95 Å². The topological polar surface area (TPSA) is 91.6 Å². The first kappa shape index (κ1) is 23.4. The minimum absolute atomic E-state index is 0.0749. The Morgan fingerprint density at radius 2 is 2.09 bits per heavy atom. The van der Waals surface area contributed by atoms with E-state index in [0.717, 1.165) is 18.8 Å². The molecule has 2 aliphatic heterocycles. The lowest BCUT2D eigenvalue weighted by molar-refractivity contribution is -0.101. The first-order valence-corrected chi connectivity index (χ1v) is 12.2. The highest BCUT2D eigenvalue weighted by atomic mass is 79.9. The van der Waals surface area contributed by atoms with Crippen molar-refractivity contribution in [2.75, 3.05) is 56.7 Å². The molecule has 5 rings (SSSR count). The van der Waals surface area contributed by atoms with Gasteiger partial charge in [-0.1, -0.05) is 0 Å². The van der Waals surface area contributed by atoms with E-state index in [1.807, 2.05) is 31.0 Å². The average molecular weight is 534 g/mol. The second-order valence-corrected chi connectivity index (χ2v) is 10.2. The molecule has 0 amide bonds. The van der Waals surface area contributed by atoms with Crippen LogP contribution in [0.4, 0.5) is 16.2 Å². The lowest BCUT2D eigenvalue weighted by atomic mass is 9.96. The normalized spacial score (nSPS) is 23.9. The second-order valence-electron chi connectivity index (χ2n) is 9.38. The van der Waals surface area contributed by atoms with Gasteiger partial charge in [-0.15, -0.1) is 0 Å². The van der Waals surface area contributed by atoms with E-state index in [1.54, 1.807) is 6.07 Å². The number of fused-ring (bicyclic) bond motifs is 1. The number of benzene rings is 1. The van der Waals surface area contributed by atoms with E-state index in [1.165, 1.54) is 6.07 Å². The molecule has 4 heterocycles. The van der Waals surface area contributed by atoms with Crippen molar-refractivity contribution in [3.8, 4) is 0 Å². The summed E-state index contributed by atoms with van der Waals surface area (Å²) in [7, 11) is 3.90. The molecule has 0 aliphatic carbocycles. The van der Waals surface area contributed by atoms with E-state index in [4.69, 9.17) is 14.7 Å². The summed E-state index contributed by atoms with van der Waals surface area (Å²) in [6.07, 6.45) is 1.95. The Balaban J connectivity index is 1.44. The lowest BCUT2D eigenvalue weighted by Crippen LogP contribution is -2.64. The van der Waals surface area contributed by atoms with Crippen LogP contribution in [0.15, 0.2) is 28.9 Å². The minimum atomic E-state index is -0.607. The van der Waals surface area contributed by atoms with E-state index in [9.17, 15) is 9.50 Å². The summed E-state index contributed by atoms with van der Waals surface area (Å²) >= 11 is 3.28. The summed E-state index contributed by atoms with van der Waals surface area (Å²) in [6.45, 7) is 4.92. The molecule has 0 unspecified atom stereocenters. The zero-order valence-electron chi connectivity index (χ0n) is 19.5. The quantitative estimate of drug-likeness (QED) is 0.499. The molecule has 182 valence electrons. The zero-order valence-corrected chi connectivity index (χ0v) is 21.1. The van der Waals surface area contributed by atoms with Gasteiger partial charge in [-0.3, -0.25) is 9.58 Å². The standard InChI is InChI=1S/C23H29BrFN7O2/c1-14-10-34-13-23(12-33,31(14)3)11-26-21-16-6-18(25)17(24)7-20(16)27-22(28-21)32-8-15(9-32)19-4-5-30(2)29-19/h4-7,14-15,33H,8-13H2,1-3H3,(H,26,27,28)/t14-,23+/m1/s1. The van der Waals surface area contributed by atoms with Crippen LogP contribution < -0.4 is 10.2 Å². The molecule has 2 aromatic heterocycles. The number of hydrogen-bond donors (Lipinski definition) is 2. The summed E-state index contributed by atoms with van der Waals surface area (Å²) in [5.41, 5.74) is 1.09. The van der Waals surface area contributed by atoms with Crippen LogP contribution >= 0.6 is 15.9 Å². The highest BCUT2D eigenvalue weighted by Gasteiger charge is 2.40. The molecular weight excluding hydrogens is 505 g/mol. The molecular formula is C23H29BrFN7O2.